The van der Waals surface area contributed by atoms with Crippen molar-refractivity contribution in [1.82, 2.24) is 9.71 Å². The zero-order chi connectivity index (χ0) is 26.3. The van der Waals surface area contributed by atoms with E-state index >= 15 is 0 Å². The second-order valence-electron chi connectivity index (χ2n) is 9.43. The molecule has 10 heteroatoms. The number of sulfonamides is 1. The molecule has 1 saturated heterocycles. The second kappa shape index (κ2) is 13.8. The maximum absolute atomic E-state index is 12.6. The first-order valence-corrected chi connectivity index (χ1v) is 13.9. The Bertz CT molecular complexity index is 1260. The summed E-state index contributed by atoms with van der Waals surface area (Å²) in [6.07, 6.45) is 6.82. The van der Waals surface area contributed by atoms with Gasteiger partial charge in [0.2, 0.25) is 10.0 Å². The molecule has 2 heterocycles. The van der Waals surface area contributed by atoms with Gasteiger partial charge in [-0.2, -0.15) is 0 Å². The summed E-state index contributed by atoms with van der Waals surface area (Å²) in [5.41, 5.74) is 2.79. The smallest absolute Gasteiger partial charge is 0.548 e. The van der Waals surface area contributed by atoms with E-state index in [2.05, 4.69) is 14.6 Å². The number of anilines is 1. The van der Waals surface area contributed by atoms with Crippen LogP contribution in [0, 0.1) is 12.8 Å². The summed E-state index contributed by atoms with van der Waals surface area (Å²) in [5, 5.41) is 11.7. The van der Waals surface area contributed by atoms with Gasteiger partial charge in [-0.15, -0.1) is 0 Å². The molecule has 0 amide bonds. The third kappa shape index (κ3) is 8.34. The summed E-state index contributed by atoms with van der Waals surface area (Å²) in [5.74, 6) is -0.170. The largest absolute Gasteiger partial charge is 1.00 e. The van der Waals surface area contributed by atoms with Crippen LogP contribution < -0.4 is 38.3 Å². The molecule has 0 bridgehead atoms. The van der Waals surface area contributed by atoms with E-state index in [4.69, 9.17) is 4.74 Å². The van der Waals surface area contributed by atoms with Crippen molar-refractivity contribution in [2.24, 2.45) is 5.92 Å². The number of aromatic nitrogens is 1. The average Bonchev–Trinajstić information content (AvgIpc) is 2.90. The molecule has 1 N–H and O–H groups in total. The Morgan fingerprint density at radius 1 is 1.05 bits per heavy atom. The Kier molecular flexibility index (Phi) is 10.8. The second-order valence-corrected chi connectivity index (χ2v) is 11.1. The molecule has 8 nitrogen and oxygen atoms in total. The van der Waals surface area contributed by atoms with Crippen molar-refractivity contribution < 1.29 is 41.9 Å². The van der Waals surface area contributed by atoms with Crippen LogP contribution in [0.15, 0.2) is 78.0 Å². The van der Waals surface area contributed by atoms with Crippen molar-refractivity contribution in [3.63, 3.8) is 0 Å². The van der Waals surface area contributed by atoms with E-state index < -0.39 is 22.0 Å². The van der Waals surface area contributed by atoms with E-state index in [9.17, 15) is 18.3 Å². The number of carbonyl (C=O) groups is 1. The van der Waals surface area contributed by atoms with E-state index in [1.165, 1.54) is 17.8 Å². The summed E-state index contributed by atoms with van der Waals surface area (Å²) in [6.45, 7) is 4.50. The minimum Gasteiger partial charge on any atom is -0.548 e. The predicted octanol–water partition coefficient (Wildman–Crippen LogP) is -0.281. The van der Waals surface area contributed by atoms with Gasteiger partial charge in [-0.05, 0) is 80.5 Å². The van der Waals surface area contributed by atoms with Crippen molar-refractivity contribution >= 4 is 21.7 Å². The van der Waals surface area contributed by atoms with Crippen molar-refractivity contribution in [2.75, 3.05) is 24.6 Å². The first-order valence-electron chi connectivity index (χ1n) is 12.5. The monoisotopic (exact) mass is 529 g/mol. The average molecular weight is 530 g/mol. The van der Waals surface area contributed by atoms with Gasteiger partial charge in [-0.25, -0.2) is 13.1 Å². The van der Waals surface area contributed by atoms with Crippen molar-refractivity contribution in [1.29, 1.82) is 0 Å². The Hall–Kier alpha value is -2.83. The Morgan fingerprint density at radius 3 is 2.29 bits per heavy atom. The number of pyridine rings is 1. The minimum absolute atomic E-state index is 0. The Labute approximate surface area is 236 Å². The summed E-state index contributed by atoms with van der Waals surface area (Å²) < 4.78 is 33.4. The zero-order valence-electron chi connectivity index (χ0n) is 21.9. The van der Waals surface area contributed by atoms with Gasteiger partial charge in [-0.1, -0.05) is 29.8 Å². The maximum atomic E-state index is 12.6. The van der Waals surface area contributed by atoms with Crippen LogP contribution >= 0.6 is 0 Å². The van der Waals surface area contributed by atoms with Crippen LogP contribution in [0.4, 0.5) is 5.69 Å². The van der Waals surface area contributed by atoms with Crippen LogP contribution in [0.3, 0.4) is 0 Å². The van der Waals surface area contributed by atoms with E-state index in [0.29, 0.717) is 23.8 Å². The van der Waals surface area contributed by atoms with Gasteiger partial charge in [-0.3, -0.25) is 4.98 Å². The molecule has 0 spiro atoms. The maximum Gasteiger partial charge on any atom is 1.00 e. The molecule has 1 unspecified atom stereocenters. The normalized spacial score (nSPS) is 14.9. The van der Waals surface area contributed by atoms with Crippen molar-refractivity contribution in [3.8, 4) is 5.75 Å². The van der Waals surface area contributed by atoms with Gasteiger partial charge in [0.05, 0.1) is 23.5 Å². The fourth-order valence-electron chi connectivity index (χ4n) is 4.48. The number of nitrogens with one attached hydrogen (secondary N) is 1. The Balaban J connectivity index is 0.00000400. The fourth-order valence-corrected chi connectivity index (χ4v) is 5.67. The Morgan fingerprint density at radius 2 is 1.68 bits per heavy atom. The van der Waals surface area contributed by atoms with Crippen LogP contribution in [-0.4, -0.2) is 45.1 Å². The van der Waals surface area contributed by atoms with Crippen LogP contribution in [0.5, 0.6) is 5.75 Å². The number of aryl methyl sites for hydroxylation is 1. The minimum atomic E-state index is -3.99. The number of carboxylic acid groups (broad SMARTS) is 1. The molecule has 1 fully saturated rings. The molecule has 0 radical (unpaired) electrons. The summed E-state index contributed by atoms with van der Waals surface area (Å²) in [6, 6.07) is 16.0. The molecule has 4 rings (SSSR count). The molecule has 1 aliphatic rings. The number of piperidine rings is 1. The van der Waals surface area contributed by atoms with E-state index in [1.807, 2.05) is 31.5 Å². The molecule has 1 aromatic heterocycles. The molecule has 0 aliphatic carbocycles. The van der Waals surface area contributed by atoms with Gasteiger partial charge in [0.15, 0.2) is 0 Å². The number of hydrogen-bond acceptors (Lipinski definition) is 7. The molecule has 1 atom stereocenters. The van der Waals surface area contributed by atoms with E-state index in [1.54, 1.807) is 36.4 Å². The van der Waals surface area contributed by atoms with Gasteiger partial charge in [0.25, 0.3) is 0 Å². The quantitative estimate of drug-likeness (QED) is 0.340. The van der Waals surface area contributed by atoms with E-state index in [-0.39, 0.29) is 30.2 Å². The predicted molar refractivity (Wildman–Crippen MR) is 140 cm³/mol. The van der Waals surface area contributed by atoms with Gasteiger partial charge >= 0.3 is 18.9 Å². The summed E-state index contributed by atoms with van der Waals surface area (Å²) in [7, 11) is -3.99. The fraction of sp³-hybridized carbons (Fsp3) is 0.357. The molecular formula is C28H32LiN3O5S. The third-order valence-electron chi connectivity index (χ3n) is 6.71. The topological polar surface area (TPSA) is 112 Å². The summed E-state index contributed by atoms with van der Waals surface area (Å²) in [4.78, 5) is 18.1. The first-order chi connectivity index (χ1) is 17.8. The number of benzene rings is 2. The van der Waals surface area contributed by atoms with Gasteiger partial charge in [0, 0.05) is 31.2 Å². The van der Waals surface area contributed by atoms with Crippen LogP contribution in [0.2, 0.25) is 0 Å². The number of carbonyl (C=O) groups excluding carboxylic acids is 1. The number of carboxylic acids is 1. The molecule has 2 aromatic carbocycles. The molecule has 3 aromatic rings. The zero-order valence-corrected chi connectivity index (χ0v) is 22.7. The first kappa shape index (κ1) is 29.7. The molecule has 1 aliphatic heterocycles. The SMILES string of the molecule is Cc1ccc(S(=O)(=O)NC(Cc2ccc(OCCC3CCN(c4ccncc4)CC3)cc2)C(=O)[O-])cc1.[Li+]. The third-order valence-corrected chi connectivity index (χ3v) is 8.20. The molecular weight excluding hydrogens is 497 g/mol. The van der Waals surface area contributed by atoms with Crippen LogP contribution in [-0.2, 0) is 21.2 Å². The number of hydrogen-bond donors (Lipinski definition) is 1. The van der Waals surface area contributed by atoms with Gasteiger partial charge < -0.3 is 19.5 Å². The number of rotatable bonds is 11. The van der Waals surface area contributed by atoms with Crippen LogP contribution in [0.25, 0.3) is 0 Å². The van der Waals surface area contributed by atoms with Crippen molar-refractivity contribution in [3.05, 3.63) is 84.2 Å². The number of ether oxygens (including phenoxy) is 1. The number of aliphatic carboxylic acids is 1. The molecule has 0 saturated carbocycles. The van der Waals surface area contributed by atoms with Gasteiger partial charge in [0.1, 0.15) is 5.75 Å². The number of nitrogens with zero attached hydrogens (tertiary/aromatic N) is 2. The van der Waals surface area contributed by atoms with Crippen molar-refractivity contribution in [2.45, 2.75) is 43.5 Å². The molecule has 38 heavy (non-hydrogen) atoms. The van der Waals surface area contributed by atoms with E-state index in [0.717, 1.165) is 37.9 Å². The summed E-state index contributed by atoms with van der Waals surface area (Å²) >= 11 is 0. The standard InChI is InChI=1S/C28H33N3O5S.Li/c1-21-2-8-26(9-3-21)37(34,35)30-27(28(32)33)20-23-4-6-25(7-5-23)36-19-14-22-12-17-31(18-13-22)24-10-15-29-16-11-24;/h2-11,15-16,22,27,30H,12-14,17-20H2,1H3,(H,32,33);/q;+1/p-1. The van der Waals surface area contributed by atoms with Crippen LogP contribution in [0.1, 0.15) is 30.4 Å². The molecule has 196 valence electrons.